The fourth-order valence-corrected chi connectivity index (χ4v) is 2.87. The van der Waals surface area contributed by atoms with E-state index in [4.69, 9.17) is 0 Å². The first-order valence-electron chi connectivity index (χ1n) is 6.82. The minimum Gasteiger partial charge on any atom is -0.303 e. The zero-order valence-electron chi connectivity index (χ0n) is 11.2. The van der Waals surface area contributed by atoms with Crippen LogP contribution in [0.15, 0.2) is 0 Å². The lowest BCUT2D eigenvalue weighted by molar-refractivity contribution is 0.260. The first kappa shape index (κ1) is 13.0. The second kappa shape index (κ2) is 5.89. The first-order valence-corrected chi connectivity index (χ1v) is 6.82. The van der Waals surface area contributed by atoms with Crippen molar-refractivity contribution in [3.8, 4) is 0 Å². The van der Waals surface area contributed by atoms with Gasteiger partial charge in [0.25, 0.3) is 0 Å². The van der Waals surface area contributed by atoms with Crippen molar-refractivity contribution in [1.82, 2.24) is 4.90 Å². The summed E-state index contributed by atoms with van der Waals surface area (Å²) in [6.07, 6.45) is 7.11. The molecule has 0 spiro atoms. The van der Waals surface area contributed by atoms with E-state index in [0.717, 1.165) is 5.92 Å². The second-order valence-electron chi connectivity index (χ2n) is 5.86. The van der Waals surface area contributed by atoms with Gasteiger partial charge in [-0.15, -0.1) is 0 Å². The average molecular weight is 211 g/mol. The molecule has 0 aliphatic carbocycles. The van der Waals surface area contributed by atoms with Gasteiger partial charge in [-0.1, -0.05) is 53.4 Å². The average Bonchev–Trinajstić information content (AvgIpc) is 2.48. The van der Waals surface area contributed by atoms with Crippen molar-refractivity contribution in [3.63, 3.8) is 0 Å². The summed E-state index contributed by atoms with van der Waals surface area (Å²) in [5.41, 5.74) is 0.558. The molecular weight excluding hydrogens is 182 g/mol. The standard InChI is InChI=1S/C14H29N/c1-5-7-8-9-10-13-11-15(6-2)12-14(13,3)4/h13H,5-12H2,1-4H3. The van der Waals surface area contributed by atoms with Crippen molar-refractivity contribution < 1.29 is 0 Å². The summed E-state index contributed by atoms with van der Waals surface area (Å²) in [7, 11) is 0. The van der Waals surface area contributed by atoms with Crippen molar-refractivity contribution in [2.24, 2.45) is 11.3 Å². The van der Waals surface area contributed by atoms with Crippen LogP contribution in [-0.4, -0.2) is 24.5 Å². The molecule has 1 atom stereocenters. The van der Waals surface area contributed by atoms with Crippen LogP contribution < -0.4 is 0 Å². The van der Waals surface area contributed by atoms with Crippen molar-refractivity contribution >= 4 is 0 Å². The number of hydrogen-bond donors (Lipinski definition) is 0. The Hall–Kier alpha value is -0.0400. The van der Waals surface area contributed by atoms with E-state index in [9.17, 15) is 0 Å². The molecule has 1 unspecified atom stereocenters. The number of hydrogen-bond acceptors (Lipinski definition) is 1. The van der Waals surface area contributed by atoms with E-state index in [0.29, 0.717) is 5.41 Å². The van der Waals surface area contributed by atoms with Crippen molar-refractivity contribution in [2.75, 3.05) is 19.6 Å². The minimum absolute atomic E-state index is 0.558. The molecule has 0 radical (unpaired) electrons. The molecule has 1 saturated heterocycles. The van der Waals surface area contributed by atoms with Gasteiger partial charge in [-0.3, -0.25) is 0 Å². The van der Waals surface area contributed by atoms with Crippen LogP contribution in [0.2, 0.25) is 0 Å². The lowest BCUT2D eigenvalue weighted by atomic mass is 9.79. The van der Waals surface area contributed by atoms with Crippen molar-refractivity contribution in [1.29, 1.82) is 0 Å². The van der Waals surface area contributed by atoms with Gasteiger partial charge < -0.3 is 4.90 Å². The predicted molar refractivity (Wildman–Crippen MR) is 68.1 cm³/mol. The van der Waals surface area contributed by atoms with Crippen LogP contribution in [0.4, 0.5) is 0 Å². The highest BCUT2D eigenvalue weighted by Crippen LogP contribution is 2.38. The molecule has 1 aliphatic heterocycles. The summed E-state index contributed by atoms with van der Waals surface area (Å²) in [4.78, 5) is 2.62. The molecule has 1 aliphatic rings. The quantitative estimate of drug-likeness (QED) is 0.602. The fraction of sp³-hybridized carbons (Fsp3) is 1.00. The van der Waals surface area contributed by atoms with Crippen LogP contribution >= 0.6 is 0 Å². The molecule has 0 aromatic heterocycles. The molecule has 1 rings (SSSR count). The van der Waals surface area contributed by atoms with Crippen LogP contribution in [0.1, 0.15) is 59.8 Å². The highest BCUT2D eigenvalue weighted by atomic mass is 15.2. The maximum Gasteiger partial charge on any atom is 0.00358 e. The third-order valence-corrected chi connectivity index (χ3v) is 4.07. The highest BCUT2D eigenvalue weighted by Gasteiger charge is 2.37. The summed E-state index contributed by atoms with van der Waals surface area (Å²) in [5, 5.41) is 0. The minimum atomic E-state index is 0.558. The first-order chi connectivity index (χ1) is 7.10. The van der Waals surface area contributed by atoms with Crippen LogP contribution in [0.5, 0.6) is 0 Å². The highest BCUT2D eigenvalue weighted by molar-refractivity contribution is 4.89. The summed E-state index contributed by atoms with van der Waals surface area (Å²) in [6, 6.07) is 0. The Morgan fingerprint density at radius 2 is 1.87 bits per heavy atom. The van der Waals surface area contributed by atoms with Crippen molar-refractivity contribution in [2.45, 2.75) is 59.8 Å². The van der Waals surface area contributed by atoms with E-state index in [1.54, 1.807) is 0 Å². The van der Waals surface area contributed by atoms with Gasteiger partial charge in [-0.05, 0) is 24.3 Å². The van der Waals surface area contributed by atoms with E-state index in [-0.39, 0.29) is 0 Å². The number of unbranched alkanes of at least 4 members (excludes halogenated alkanes) is 3. The molecule has 1 heterocycles. The molecule has 1 nitrogen and oxygen atoms in total. The zero-order chi connectivity index (χ0) is 11.3. The SMILES string of the molecule is CCCCCCC1CN(CC)CC1(C)C. The normalized spacial score (nSPS) is 26.0. The van der Waals surface area contributed by atoms with Crippen LogP contribution in [0.3, 0.4) is 0 Å². The van der Waals surface area contributed by atoms with Crippen LogP contribution in [0, 0.1) is 11.3 Å². The van der Waals surface area contributed by atoms with Gasteiger partial charge in [-0.25, -0.2) is 0 Å². The molecule has 0 aromatic rings. The molecule has 15 heavy (non-hydrogen) atoms. The lowest BCUT2D eigenvalue weighted by Gasteiger charge is -2.25. The molecule has 0 bridgehead atoms. The zero-order valence-corrected chi connectivity index (χ0v) is 11.2. The summed E-state index contributed by atoms with van der Waals surface area (Å²) >= 11 is 0. The van der Waals surface area contributed by atoms with E-state index in [1.807, 2.05) is 0 Å². The van der Waals surface area contributed by atoms with Gasteiger partial charge >= 0.3 is 0 Å². The van der Waals surface area contributed by atoms with Gasteiger partial charge in [0.1, 0.15) is 0 Å². The number of nitrogens with zero attached hydrogens (tertiary/aromatic N) is 1. The number of likely N-dealkylation sites (tertiary alicyclic amines) is 1. The van der Waals surface area contributed by atoms with Gasteiger partial charge in [0, 0.05) is 13.1 Å². The lowest BCUT2D eigenvalue weighted by Crippen LogP contribution is -2.23. The predicted octanol–water partition coefficient (Wildman–Crippen LogP) is 3.93. The van der Waals surface area contributed by atoms with Gasteiger partial charge in [0.05, 0.1) is 0 Å². The molecular formula is C14H29N. The monoisotopic (exact) mass is 211 g/mol. The maximum atomic E-state index is 2.62. The van der Waals surface area contributed by atoms with Gasteiger partial charge in [-0.2, -0.15) is 0 Å². The Bertz CT molecular complexity index is 174. The second-order valence-corrected chi connectivity index (χ2v) is 5.86. The van der Waals surface area contributed by atoms with Crippen LogP contribution in [-0.2, 0) is 0 Å². The molecule has 1 heteroatoms. The number of rotatable bonds is 6. The van der Waals surface area contributed by atoms with E-state index in [2.05, 4.69) is 32.6 Å². The van der Waals surface area contributed by atoms with Gasteiger partial charge in [0.15, 0.2) is 0 Å². The fourth-order valence-electron chi connectivity index (χ4n) is 2.87. The molecule has 0 amide bonds. The summed E-state index contributed by atoms with van der Waals surface area (Å²) in [5.74, 6) is 0.939. The molecule has 0 aromatic carbocycles. The topological polar surface area (TPSA) is 3.24 Å². The maximum absolute atomic E-state index is 2.62. The third-order valence-electron chi connectivity index (χ3n) is 4.07. The molecule has 90 valence electrons. The smallest absolute Gasteiger partial charge is 0.00358 e. The summed E-state index contributed by atoms with van der Waals surface area (Å²) < 4.78 is 0. The Morgan fingerprint density at radius 1 is 1.13 bits per heavy atom. The summed E-state index contributed by atoms with van der Waals surface area (Å²) in [6.45, 7) is 13.4. The Morgan fingerprint density at radius 3 is 2.40 bits per heavy atom. The van der Waals surface area contributed by atoms with Gasteiger partial charge in [0.2, 0.25) is 0 Å². The largest absolute Gasteiger partial charge is 0.303 e. The van der Waals surface area contributed by atoms with E-state index >= 15 is 0 Å². The Kier molecular flexibility index (Phi) is 5.11. The molecule has 0 N–H and O–H groups in total. The third kappa shape index (κ3) is 3.79. The Balaban J connectivity index is 2.28. The van der Waals surface area contributed by atoms with Crippen molar-refractivity contribution in [3.05, 3.63) is 0 Å². The molecule has 1 fully saturated rings. The van der Waals surface area contributed by atoms with E-state index in [1.165, 1.54) is 51.7 Å². The Labute approximate surface area is 96.2 Å². The van der Waals surface area contributed by atoms with Crippen LogP contribution in [0.25, 0.3) is 0 Å². The van der Waals surface area contributed by atoms with E-state index < -0.39 is 0 Å². The molecule has 0 saturated carbocycles.